The van der Waals surface area contributed by atoms with Crippen molar-refractivity contribution in [2.24, 2.45) is 0 Å². The number of halogens is 2. The van der Waals surface area contributed by atoms with Gasteiger partial charge in [0.05, 0.1) is 12.3 Å². The number of hydrogen-bond acceptors (Lipinski definition) is 4. The van der Waals surface area contributed by atoms with Gasteiger partial charge in [-0.3, -0.25) is 9.59 Å². The van der Waals surface area contributed by atoms with Gasteiger partial charge in [-0.05, 0) is 43.3 Å². The Balaban J connectivity index is 1.76. The lowest BCUT2D eigenvalue weighted by atomic mass is 10.1. The van der Waals surface area contributed by atoms with Gasteiger partial charge in [-0.1, -0.05) is 23.7 Å². The van der Waals surface area contributed by atoms with E-state index in [9.17, 15) is 18.8 Å². The van der Waals surface area contributed by atoms with Gasteiger partial charge in [-0.25, -0.2) is 14.1 Å². The molecule has 2 N–H and O–H groups in total. The van der Waals surface area contributed by atoms with E-state index in [4.69, 9.17) is 16.3 Å². The fourth-order valence-corrected chi connectivity index (χ4v) is 2.87. The Kier molecular flexibility index (Phi) is 6.13. The molecule has 0 unspecified atom stereocenters. The van der Waals surface area contributed by atoms with Crippen molar-refractivity contribution in [3.63, 3.8) is 0 Å². The van der Waals surface area contributed by atoms with Gasteiger partial charge in [0.2, 0.25) is 5.91 Å². The Morgan fingerprint density at radius 3 is 2.76 bits per heavy atom. The number of nitrogens with zero attached hydrogens (tertiary/aromatic N) is 1. The van der Waals surface area contributed by atoms with Gasteiger partial charge in [-0.2, -0.15) is 0 Å². The van der Waals surface area contributed by atoms with Gasteiger partial charge in [-0.15, -0.1) is 0 Å². The zero-order valence-corrected chi connectivity index (χ0v) is 16.1. The Hall–Kier alpha value is -3.39. The summed E-state index contributed by atoms with van der Waals surface area (Å²) in [5.41, 5.74) is 0.429. The van der Waals surface area contributed by atoms with Gasteiger partial charge in [0.1, 0.15) is 23.8 Å². The average molecular weight is 418 g/mol. The van der Waals surface area contributed by atoms with Crippen LogP contribution in [0.1, 0.15) is 12.5 Å². The summed E-state index contributed by atoms with van der Waals surface area (Å²) in [5, 5.41) is 5.18. The van der Waals surface area contributed by atoms with Crippen molar-refractivity contribution in [2.75, 3.05) is 18.5 Å². The standard InChI is InChI=1S/C20H17ClFN3O4/c1-2-29-17-8-7-13(21)9-12(17)10-16-19(27)25(20(28)24-16)11-18(26)23-15-6-4-3-5-14(15)22/h3-10H,2,11H2,1H3,(H,23,26)(H,24,28)/b16-10-. The lowest BCUT2D eigenvalue weighted by Gasteiger charge is -2.12. The Labute approximate surface area is 171 Å². The second-order valence-electron chi connectivity index (χ2n) is 6.02. The van der Waals surface area contributed by atoms with Crippen molar-refractivity contribution in [3.05, 3.63) is 64.6 Å². The smallest absolute Gasteiger partial charge is 0.329 e. The van der Waals surface area contributed by atoms with Crippen LogP contribution in [0.15, 0.2) is 48.2 Å². The van der Waals surface area contributed by atoms with Crippen molar-refractivity contribution < 1.29 is 23.5 Å². The monoisotopic (exact) mass is 417 g/mol. The molecule has 150 valence electrons. The van der Waals surface area contributed by atoms with E-state index in [1.807, 2.05) is 6.92 Å². The Morgan fingerprint density at radius 2 is 2.03 bits per heavy atom. The fourth-order valence-electron chi connectivity index (χ4n) is 2.69. The molecular weight excluding hydrogens is 401 g/mol. The molecule has 0 saturated carbocycles. The quantitative estimate of drug-likeness (QED) is 0.557. The highest BCUT2D eigenvalue weighted by Crippen LogP contribution is 2.26. The van der Waals surface area contributed by atoms with Crippen molar-refractivity contribution in [2.45, 2.75) is 6.92 Å². The number of urea groups is 1. The molecule has 7 nitrogen and oxygen atoms in total. The number of anilines is 1. The van der Waals surface area contributed by atoms with E-state index in [0.29, 0.717) is 22.9 Å². The average Bonchev–Trinajstić information content (AvgIpc) is 2.93. The number of rotatable bonds is 6. The molecule has 2 aromatic rings. The van der Waals surface area contributed by atoms with Crippen LogP contribution in [0.25, 0.3) is 6.08 Å². The van der Waals surface area contributed by atoms with E-state index >= 15 is 0 Å². The van der Waals surface area contributed by atoms with Crippen LogP contribution in [0.5, 0.6) is 5.75 Å². The summed E-state index contributed by atoms with van der Waals surface area (Å²) in [6.07, 6.45) is 1.42. The molecule has 29 heavy (non-hydrogen) atoms. The van der Waals surface area contributed by atoms with Crippen LogP contribution in [0.3, 0.4) is 0 Å². The molecule has 1 heterocycles. The van der Waals surface area contributed by atoms with Gasteiger partial charge in [0.15, 0.2) is 0 Å². The predicted molar refractivity (Wildman–Crippen MR) is 106 cm³/mol. The van der Waals surface area contributed by atoms with Gasteiger partial charge < -0.3 is 15.4 Å². The highest BCUT2D eigenvalue weighted by Gasteiger charge is 2.35. The molecule has 4 amide bonds. The third kappa shape index (κ3) is 4.72. The molecule has 0 aromatic heterocycles. The highest BCUT2D eigenvalue weighted by atomic mass is 35.5. The largest absolute Gasteiger partial charge is 0.493 e. The lowest BCUT2D eigenvalue weighted by Crippen LogP contribution is -2.38. The van der Waals surface area contributed by atoms with Crippen molar-refractivity contribution in [3.8, 4) is 5.75 Å². The second-order valence-corrected chi connectivity index (χ2v) is 6.46. The number of imide groups is 1. The first-order valence-corrected chi connectivity index (χ1v) is 9.08. The van der Waals surface area contributed by atoms with Gasteiger partial charge in [0, 0.05) is 10.6 Å². The number of amides is 4. The molecule has 1 saturated heterocycles. The minimum atomic E-state index is -0.759. The van der Waals surface area contributed by atoms with Crippen LogP contribution in [-0.4, -0.2) is 35.9 Å². The maximum absolute atomic E-state index is 13.6. The summed E-state index contributed by atoms with van der Waals surface area (Å²) in [6.45, 7) is 1.65. The third-order valence-electron chi connectivity index (χ3n) is 3.98. The zero-order chi connectivity index (χ0) is 21.0. The van der Waals surface area contributed by atoms with Gasteiger partial charge >= 0.3 is 6.03 Å². The molecule has 9 heteroatoms. The van der Waals surface area contributed by atoms with Crippen molar-refractivity contribution >= 4 is 41.2 Å². The molecule has 3 rings (SSSR count). The maximum Gasteiger partial charge on any atom is 0.329 e. The molecular formula is C20H17ClFN3O4. The van der Waals surface area contributed by atoms with Crippen LogP contribution in [0.2, 0.25) is 5.02 Å². The summed E-state index contributed by atoms with van der Waals surface area (Å²) in [7, 11) is 0. The molecule has 2 aromatic carbocycles. The Bertz CT molecular complexity index is 1010. The molecule has 0 atom stereocenters. The van der Waals surface area contributed by atoms with Crippen LogP contribution in [0.4, 0.5) is 14.9 Å². The molecule has 0 bridgehead atoms. The van der Waals surface area contributed by atoms with E-state index in [1.165, 1.54) is 24.3 Å². The topological polar surface area (TPSA) is 87.7 Å². The van der Waals surface area contributed by atoms with Crippen LogP contribution >= 0.6 is 11.6 Å². The maximum atomic E-state index is 13.6. The number of hydrogen-bond donors (Lipinski definition) is 2. The molecule has 1 aliphatic rings. The minimum Gasteiger partial charge on any atom is -0.493 e. The van der Waals surface area contributed by atoms with Gasteiger partial charge in [0.25, 0.3) is 5.91 Å². The third-order valence-corrected chi connectivity index (χ3v) is 4.22. The SMILES string of the molecule is CCOc1ccc(Cl)cc1/C=C1\NC(=O)N(CC(=O)Nc2ccccc2F)C1=O. The molecule has 0 radical (unpaired) electrons. The summed E-state index contributed by atoms with van der Waals surface area (Å²) in [4.78, 5) is 37.6. The zero-order valence-electron chi connectivity index (χ0n) is 15.4. The number of nitrogens with one attached hydrogen (secondary N) is 2. The summed E-state index contributed by atoms with van der Waals surface area (Å²) < 4.78 is 19.1. The minimum absolute atomic E-state index is 0.0306. The van der Waals surface area contributed by atoms with E-state index in [1.54, 1.807) is 24.3 Å². The van der Waals surface area contributed by atoms with Crippen molar-refractivity contribution in [1.29, 1.82) is 0 Å². The van der Waals surface area contributed by atoms with E-state index in [0.717, 1.165) is 4.90 Å². The number of benzene rings is 2. The summed E-state index contributed by atoms with van der Waals surface area (Å²) >= 11 is 6.00. The fraction of sp³-hybridized carbons (Fsp3) is 0.150. The van der Waals surface area contributed by atoms with Crippen LogP contribution in [-0.2, 0) is 9.59 Å². The first-order chi connectivity index (χ1) is 13.9. The highest BCUT2D eigenvalue weighted by molar-refractivity contribution is 6.30. The first kappa shape index (κ1) is 20.3. The summed E-state index contributed by atoms with van der Waals surface area (Å²) in [6, 6.07) is 9.71. The molecule has 1 fully saturated rings. The first-order valence-electron chi connectivity index (χ1n) is 8.70. The molecule has 0 aliphatic carbocycles. The normalized spacial score (nSPS) is 14.9. The Morgan fingerprint density at radius 1 is 1.28 bits per heavy atom. The number of carbonyl (C=O) groups excluding carboxylic acids is 3. The van der Waals surface area contributed by atoms with E-state index < -0.39 is 30.2 Å². The van der Waals surface area contributed by atoms with Crippen LogP contribution < -0.4 is 15.4 Å². The molecule has 1 aliphatic heterocycles. The molecule has 0 spiro atoms. The van der Waals surface area contributed by atoms with Crippen molar-refractivity contribution in [1.82, 2.24) is 10.2 Å². The number of carbonyl (C=O) groups is 3. The lowest BCUT2D eigenvalue weighted by molar-refractivity contribution is -0.127. The van der Waals surface area contributed by atoms with E-state index in [2.05, 4.69) is 10.6 Å². The second kappa shape index (κ2) is 8.74. The predicted octanol–water partition coefficient (Wildman–Crippen LogP) is 3.41. The number of para-hydroxylation sites is 1. The number of ether oxygens (including phenoxy) is 1. The summed E-state index contributed by atoms with van der Waals surface area (Å²) in [5.74, 6) is -1.54. The van der Waals surface area contributed by atoms with Crippen LogP contribution in [0, 0.1) is 5.82 Å². The van der Waals surface area contributed by atoms with E-state index in [-0.39, 0.29) is 11.4 Å².